The molecule has 1 heterocycles. The Kier molecular flexibility index (Phi) is 6.15. The third-order valence-electron chi connectivity index (χ3n) is 2.37. The van der Waals surface area contributed by atoms with E-state index in [-0.39, 0.29) is 6.01 Å². The van der Waals surface area contributed by atoms with Gasteiger partial charge < -0.3 is 15.2 Å². The minimum Gasteiger partial charge on any atom is -0.480 e. The highest BCUT2D eigenvalue weighted by molar-refractivity contribution is 5.94. The molecule has 1 atom stereocenters. The molecular formula is C13H17N3O4. The van der Waals surface area contributed by atoms with E-state index in [9.17, 15) is 9.59 Å². The molecule has 0 aliphatic heterocycles. The van der Waals surface area contributed by atoms with Crippen molar-refractivity contribution in [2.75, 3.05) is 6.61 Å². The molecule has 0 aliphatic carbocycles. The van der Waals surface area contributed by atoms with Crippen molar-refractivity contribution in [2.45, 2.75) is 26.3 Å². The molecule has 0 fully saturated rings. The summed E-state index contributed by atoms with van der Waals surface area (Å²) >= 11 is 0. The monoisotopic (exact) mass is 279 g/mol. The van der Waals surface area contributed by atoms with E-state index in [2.05, 4.69) is 15.3 Å². The number of hydrogen-bond acceptors (Lipinski definition) is 5. The van der Waals surface area contributed by atoms with Gasteiger partial charge in [-0.05, 0) is 19.4 Å². The van der Waals surface area contributed by atoms with Gasteiger partial charge >= 0.3 is 12.0 Å². The van der Waals surface area contributed by atoms with Crippen molar-refractivity contribution in [3.05, 3.63) is 24.0 Å². The van der Waals surface area contributed by atoms with Crippen LogP contribution in [-0.4, -0.2) is 39.6 Å². The quantitative estimate of drug-likeness (QED) is 0.718. The zero-order valence-electron chi connectivity index (χ0n) is 11.4. The molecular weight excluding hydrogens is 262 g/mol. The van der Waals surface area contributed by atoms with E-state index in [0.29, 0.717) is 18.6 Å². The van der Waals surface area contributed by atoms with Crippen LogP contribution >= 0.6 is 0 Å². The predicted molar refractivity (Wildman–Crippen MR) is 72.1 cm³/mol. The Bertz CT molecular complexity index is 485. The largest absolute Gasteiger partial charge is 0.480 e. The Balaban J connectivity index is 2.58. The Hall–Kier alpha value is -2.44. The van der Waals surface area contributed by atoms with Crippen LogP contribution in [0, 0.1) is 0 Å². The molecule has 1 amide bonds. The maximum Gasteiger partial charge on any atom is 0.326 e. The first-order valence-electron chi connectivity index (χ1n) is 6.23. The van der Waals surface area contributed by atoms with Crippen molar-refractivity contribution in [3.8, 4) is 6.01 Å². The van der Waals surface area contributed by atoms with Gasteiger partial charge in [-0.25, -0.2) is 14.8 Å². The Morgan fingerprint density at radius 1 is 1.40 bits per heavy atom. The number of aliphatic carboxylic acids is 1. The molecule has 108 valence electrons. The fourth-order valence-electron chi connectivity index (χ4n) is 1.35. The highest BCUT2D eigenvalue weighted by Crippen LogP contribution is 2.04. The van der Waals surface area contributed by atoms with Crippen LogP contribution < -0.4 is 10.1 Å². The van der Waals surface area contributed by atoms with Crippen molar-refractivity contribution in [1.29, 1.82) is 0 Å². The second-order valence-electron chi connectivity index (χ2n) is 3.87. The van der Waals surface area contributed by atoms with Crippen molar-refractivity contribution >= 4 is 18.0 Å². The van der Waals surface area contributed by atoms with E-state index in [1.165, 1.54) is 24.5 Å². The van der Waals surface area contributed by atoms with Crippen LogP contribution in [0.2, 0.25) is 0 Å². The van der Waals surface area contributed by atoms with Crippen LogP contribution in [0.15, 0.2) is 18.5 Å². The van der Waals surface area contributed by atoms with Crippen molar-refractivity contribution < 1.29 is 19.4 Å². The van der Waals surface area contributed by atoms with Crippen LogP contribution in [0.3, 0.4) is 0 Å². The average molecular weight is 279 g/mol. The molecule has 0 radical (unpaired) electrons. The van der Waals surface area contributed by atoms with Gasteiger partial charge in [0.15, 0.2) is 0 Å². The normalized spacial score (nSPS) is 12.1. The number of carboxylic acids is 1. The Labute approximate surface area is 116 Å². The summed E-state index contributed by atoms with van der Waals surface area (Å²) in [5.74, 6) is -1.54. The van der Waals surface area contributed by atoms with E-state index in [0.717, 1.165) is 0 Å². The molecule has 7 nitrogen and oxygen atoms in total. The number of carbonyl (C=O) groups is 2. The van der Waals surface area contributed by atoms with E-state index < -0.39 is 17.9 Å². The lowest BCUT2D eigenvalue weighted by molar-refractivity contribution is -0.141. The number of carbonyl (C=O) groups excluding carboxylic acids is 1. The van der Waals surface area contributed by atoms with Gasteiger partial charge in [0, 0.05) is 24.0 Å². The van der Waals surface area contributed by atoms with Gasteiger partial charge in [0.1, 0.15) is 6.04 Å². The van der Waals surface area contributed by atoms with Gasteiger partial charge in [-0.15, -0.1) is 0 Å². The summed E-state index contributed by atoms with van der Waals surface area (Å²) in [6, 6.07) is -0.616. The van der Waals surface area contributed by atoms with E-state index in [4.69, 9.17) is 9.84 Å². The summed E-state index contributed by atoms with van der Waals surface area (Å²) in [6.45, 7) is 3.99. The molecule has 7 heteroatoms. The first-order valence-corrected chi connectivity index (χ1v) is 6.23. The smallest absolute Gasteiger partial charge is 0.326 e. The third kappa shape index (κ3) is 5.05. The maximum absolute atomic E-state index is 11.5. The molecule has 1 aromatic rings. The highest BCUT2D eigenvalue weighted by Gasteiger charge is 2.15. The van der Waals surface area contributed by atoms with Crippen molar-refractivity contribution in [3.63, 3.8) is 0 Å². The van der Waals surface area contributed by atoms with Crippen LogP contribution in [-0.2, 0) is 9.59 Å². The molecule has 0 saturated carbocycles. The van der Waals surface area contributed by atoms with Gasteiger partial charge in [0.2, 0.25) is 5.91 Å². The Morgan fingerprint density at radius 3 is 2.55 bits per heavy atom. The van der Waals surface area contributed by atoms with Crippen molar-refractivity contribution in [1.82, 2.24) is 15.3 Å². The second kappa shape index (κ2) is 7.88. The SMILES string of the molecule is CCOc1ncc(/C=C/C(=O)NC(CC)C(=O)O)cn1. The fourth-order valence-corrected chi connectivity index (χ4v) is 1.35. The summed E-state index contributed by atoms with van der Waals surface area (Å²) in [7, 11) is 0. The number of rotatable bonds is 7. The molecule has 0 aliphatic rings. The number of carboxylic acid groups (broad SMARTS) is 1. The minimum atomic E-state index is -1.06. The predicted octanol–water partition coefficient (Wildman–Crippen LogP) is 0.868. The number of ether oxygens (including phenoxy) is 1. The molecule has 0 spiro atoms. The molecule has 0 bridgehead atoms. The van der Waals surface area contributed by atoms with E-state index in [1.54, 1.807) is 6.92 Å². The number of nitrogens with one attached hydrogen (secondary N) is 1. The molecule has 0 aromatic carbocycles. The summed E-state index contributed by atoms with van der Waals surface area (Å²) < 4.78 is 5.09. The Morgan fingerprint density at radius 2 is 2.05 bits per heavy atom. The summed E-state index contributed by atoms with van der Waals surface area (Å²) in [6.07, 6.45) is 6.08. The second-order valence-corrected chi connectivity index (χ2v) is 3.87. The van der Waals surface area contributed by atoms with Gasteiger partial charge in [0.05, 0.1) is 6.61 Å². The lowest BCUT2D eigenvalue weighted by Gasteiger charge is -2.09. The van der Waals surface area contributed by atoms with Gasteiger partial charge in [-0.1, -0.05) is 6.92 Å². The van der Waals surface area contributed by atoms with Crippen LogP contribution in [0.25, 0.3) is 6.08 Å². The van der Waals surface area contributed by atoms with Crippen LogP contribution in [0.5, 0.6) is 6.01 Å². The van der Waals surface area contributed by atoms with Gasteiger partial charge in [0.25, 0.3) is 0 Å². The molecule has 20 heavy (non-hydrogen) atoms. The van der Waals surface area contributed by atoms with Gasteiger partial charge in [-0.2, -0.15) is 0 Å². The number of hydrogen-bond donors (Lipinski definition) is 2. The maximum atomic E-state index is 11.5. The summed E-state index contributed by atoms with van der Waals surface area (Å²) in [4.78, 5) is 30.2. The standard InChI is InChI=1S/C13H17N3O4/c1-3-10(12(18)19)16-11(17)6-5-9-7-14-13(15-8-9)20-4-2/h5-8,10H,3-4H2,1-2H3,(H,16,17)(H,18,19)/b6-5+. The lowest BCUT2D eigenvalue weighted by atomic mass is 10.2. The van der Waals surface area contributed by atoms with E-state index >= 15 is 0 Å². The topological polar surface area (TPSA) is 101 Å². The first kappa shape index (κ1) is 15.6. The number of aromatic nitrogens is 2. The molecule has 2 N–H and O–H groups in total. The molecule has 1 unspecified atom stereocenters. The first-order chi connectivity index (χ1) is 9.56. The summed E-state index contributed by atoms with van der Waals surface area (Å²) in [5.41, 5.74) is 0.618. The number of amides is 1. The lowest BCUT2D eigenvalue weighted by Crippen LogP contribution is -2.39. The minimum absolute atomic E-state index is 0.269. The van der Waals surface area contributed by atoms with E-state index in [1.807, 2.05) is 6.92 Å². The fraction of sp³-hybridized carbons (Fsp3) is 0.385. The highest BCUT2D eigenvalue weighted by atomic mass is 16.5. The number of nitrogens with zero attached hydrogens (tertiary/aromatic N) is 2. The summed E-state index contributed by atoms with van der Waals surface area (Å²) in [5, 5.41) is 11.2. The van der Waals surface area contributed by atoms with Crippen LogP contribution in [0.1, 0.15) is 25.8 Å². The molecule has 0 saturated heterocycles. The third-order valence-corrected chi connectivity index (χ3v) is 2.37. The molecule has 1 rings (SSSR count). The van der Waals surface area contributed by atoms with Gasteiger partial charge in [-0.3, -0.25) is 4.79 Å². The average Bonchev–Trinajstić information content (AvgIpc) is 2.44. The zero-order chi connectivity index (χ0) is 15.0. The van der Waals surface area contributed by atoms with Crippen molar-refractivity contribution in [2.24, 2.45) is 0 Å². The zero-order valence-corrected chi connectivity index (χ0v) is 11.4. The molecule has 1 aromatic heterocycles. The van der Waals surface area contributed by atoms with Crippen LogP contribution in [0.4, 0.5) is 0 Å².